The minimum atomic E-state index is -0.784. The molecule has 1 atom stereocenters. The van der Waals surface area contributed by atoms with Crippen molar-refractivity contribution in [3.63, 3.8) is 0 Å². The molecule has 0 saturated carbocycles. The maximum atomic E-state index is 13.5. The molecule has 1 heterocycles. The monoisotopic (exact) mass is 239 g/mol. The molecule has 4 heteroatoms. The number of piperidine rings is 1. The Bertz CT molecular complexity index is 433. The zero-order valence-corrected chi connectivity index (χ0v) is 9.75. The van der Waals surface area contributed by atoms with E-state index in [9.17, 15) is 13.6 Å². The van der Waals surface area contributed by atoms with Crippen molar-refractivity contribution < 1.29 is 13.6 Å². The summed E-state index contributed by atoms with van der Waals surface area (Å²) in [6.45, 7) is 3.37. The second kappa shape index (κ2) is 4.82. The Morgan fingerprint density at radius 1 is 1.41 bits per heavy atom. The lowest BCUT2D eigenvalue weighted by Crippen LogP contribution is -2.39. The number of hydrogen-bond donors (Lipinski definition) is 0. The van der Waals surface area contributed by atoms with Crippen LogP contribution in [0.3, 0.4) is 0 Å². The number of carbonyl (C=O) groups is 1. The Kier molecular flexibility index (Phi) is 3.41. The minimum Gasteiger partial charge on any atom is -0.338 e. The van der Waals surface area contributed by atoms with Gasteiger partial charge >= 0.3 is 0 Å². The van der Waals surface area contributed by atoms with Gasteiger partial charge in [0.1, 0.15) is 11.6 Å². The molecule has 92 valence electrons. The second-order valence-corrected chi connectivity index (χ2v) is 4.62. The first-order chi connectivity index (χ1) is 8.08. The number of amides is 1. The second-order valence-electron chi connectivity index (χ2n) is 4.62. The van der Waals surface area contributed by atoms with E-state index in [1.165, 1.54) is 6.07 Å². The molecular formula is C13H15F2NO. The SMILES string of the molecule is CC1CCCN(C(=O)c2ccc(F)cc2F)C1. The molecule has 1 aromatic rings. The number of carbonyl (C=O) groups excluding carboxylic acids is 1. The Labute approximate surface area is 99.2 Å². The highest BCUT2D eigenvalue weighted by Crippen LogP contribution is 2.19. The van der Waals surface area contributed by atoms with Crippen LogP contribution in [0.15, 0.2) is 18.2 Å². The van der Waals surface area contributed by atoms with Crippen molar-refractivity contribution in [2.45, 2.75) is 19.8 Å². The summed E-state index contributed by atoms with van der Waals surface area (Å²) in [5.74, 6) is -1.34. The highest BCUT2D eigenvalue weighted by Gasteiger charge is 2.24. The van der Waals surface area contributed by atoms with Crippen LogP contribution in [0.5, 0.6) is 0 Å². The lowest BCUT2D eigenvalue weighted by Gasteiger charge is -2.31. The molecule has 1 aliphatic heterocycles. The van der Waals surface area contributed by atoms with Gasteiger partial charge in [0.25, 0.3) is 5.91 Å². The van der Waals surface area contributed by atoms with Gasteiger partial charge < -0.3 is 4.90 Å². The van der Waals surface area contributed by atoms with Crippen LogP contribution in [-0.4, -0.2) is 23.9 Å². The molecule has 0 aliphatic carbocycles. The molecule has 0 spiro atoms. The van der Waals surface area contributed by atoms with Crippen molar-refractivity contribution in [2.75, 3.05) is 13.1 Å². The quantitative estimate of drug-likeness (QED) is 0.738. The average molecular weight is 239 g/mol. The maximum Gasteiger partial charge on any atom is 0.256 e. The third-order valence-corrected chi connectivity index (χ3v) is 3.11. The van der Waals surface area contributed by atoms with Gasteiger partial charge in [-0.3, -0.25) is 4.79 Å². The molecular weight excluding hydrogens is 224 g/mol. The molecule has 1 fully saturated rings. The average Bonchev–Trinajstić information content (AvgIpc) is 2.28. The van der Waals surface area contributed by atoms with Crippen molar-refractivity contribution in [3.8, 4) is 0 Å². The Morgan fingerprint density at radius 2 is 2.18 bits per heavy atom. The lowest BCUT2D eigenvalue weighted by molar-refractivity contribution is 0.0678. The number of nitrogens with zero attached hydrogens (tertiary/aromatic N) is 1. The van der Waals surface area contributed by atoms with Crippen molar-refractivity contribution >= 4 is 5.91 Å². The highest BCUT2D eigenvalue weighted by atomic mass is 19.1. The summed E-state index contributed by atoms with van der Waals surface area (Å²) in [7, 11) is 0. The molecule has 1 unspecified atom stereocenters. The van der Waals surface area contributed by atoms with E-state index in [1.54, 1.807) is 4.90 Å². The van der Waals surface area contributed by atoms with Crippen LogP contribution in [0.4, 0.5) is 8.78 Å². The van der Waals surface area contributed by atoms with Gasteiger partial charge in [0, 0.05) is 19.2 Å². The molecule has 2 nitrogen and oxygen atoms in total. The zero-order chi connectivity index (χ0) is 12.4. The van der Waals surface area contributed by atoms with Crippen LogP contribution in [0.1, 0.15) is 30.1 Å². The number of benzene rings is 1. The van der Waals surface area contributed by atoms with E-state index in [0.29, 0.717) is 19.0 Å². The number of halogens is 2. The van der Waals surface area contributed by atoms with Gasteiger partial charge in [-0.25, -0.2) is 8.78 Å². The first-order valence-corrected chi connectivity index (χ1v) is 5.82. The van der Waals surface area contributed by atoms with Crippen LogP contribution >= 0.6 is 0 Å². The summed E-state index contributed by atoms with van der Waals surface area (Å²) < 4.78 is 26.2. The summed E-state index contributed by atoms with van der Waals surface area (Å²) >= 11 is 0. The fourth-order valence-corrected chi connectivity index (χ4v) is 2.21. The molecule has 0 bridgehead atoms. The van der Waals surface area contributed by atoms with E-state index in [2.05, 4.69) is 6.92 Å². The lowest BCUT2D eigenvalue weighted by atomic mass is 9.99. The van der Waals surface area contributed by atoms with Gasteiger partial charge in [0.2, 0.25) is 0 Å². The van der Waals surface area contributed by atoms with E-state index < -0.39 is 11.6 Å². The summed E-state index contributed by atoms with van der Waals surface area (Å²) in [5.41, 5.74) is -0.0412. The molecule has 0 aromatic heterocycles. The van der Waals surface area contributed by atoms with Gasteiger partial charge in [-0.2, -0.15) is 0 Å². The van der Waals surface area contributed by atoms with Crippen molar-refractivity contribution in [1.29, 1.82) is 0 Å². The summed E-state index contributed by atoms with van der Waals surface area (Å²) in [5, 5.41) is 0. The fraction of sp³-hybridized carbons (Fsp3) is 0.462. The fourth-order valence-electron chi connectivity index (χ4n) is 2.21. The van der Waals surface area contributed by atoms with Gasteiger partial charge in [0.05, 0.1) is 5.56 Å². The van der Waals surface area contributed by atoms with Gasteiger partial charge in [-0.1, -0.05) is 6.92 Å². The third kappa shape index (κ3) is 2.62. The molecule has 1 aliphatic rings. The van der Waals surface area contributed by atoms with E-state index in [4.69, 9.17) is 0 Å². The molecule has 1 saturated heterocycles. The maximum absolute atomic E-state index is 13.5. The van der Waals surface area contributed by atoms with E-state index in [0.717, 1.165) is 25.0 Å². The van der Waals surface area contributed by atoms with E-state index in [-0.39, 0.29) is 11.5 Å². The predicted molar refractivity (Wildman–Crippen MR) is 60.7 cm³/mol. The molecule has 1 aromatic carbocycles. The van der Waals surface area contributed by atoms with Gasteiger partial charge in [-0.05, 0) is 30.9 Å². The van der Waals surface area contributed by atoms with Crippen LogP contribution < -0.4 is 0 Å². The molecule has 0 N–H and O–H groups in total. The normalized spacial score (nSPS) is 20.4. The first-order valence-electron chi connectivity index (χ1n) is 5.82. The molecule has 0 radical (unpaired) electrons. The summed E-state index contributed by atoms with van der Waals surface area (Å²) in [6.07, 6.45) is 2.03. The van der Waals surface area contributed by atoms with Crippen molar-refractivity contribution in [1.82, 2.24) is 4.90 Å². The van der Waals surface area contributed by atoms with Crippen molar-refractivity contribution in [3.05, 3.63) is 35.4 Å². The topological polar surface area (TPSA) is 20.3 Å². The zero-order valence-electron chi connectivity index (χ0n) is 9.75. The van der Waals surface area contributed by atoms with Crippen LogP contribution in [-0.2, 0) is 0 Å². The van der Waals surface area contributed by atoms with Crippen LogP contribution in [0.25, 0.3) is 0 Å². The third-order valence-electron chi connectivity index (χ3n) is 3.11. The van der Waals surface area contributed by atoms with E-state index >= 15 is 0 Å². The molecule has 2 rings (SSSR count). The first kappa shape index (κ1) is 12.0. The Hall–Kier alpha value is -1.45. The molecule has 1 amide bonds. The Balaban J connectivity index is 2.18. The predicted octanol–water partition coefficient (Wildman–Crippen LogP) is 2.84. The number of likely N-dealkylation sites (tertiary alicyclic amines) is 1. The molecule has 17 heavy (non-hydrogen) atoms. The van der Waals surface area contributed by atoms with Gasteiger partial charge in [0.15, 0.2) is 0 Å². The summed E-state index contributed by atoms with van der Waals surface area (Å²) in [6, 6.07) is 3.08. The largest absolute Gasteiger partial charge is 0.338 e. The van der Waals surface area contributed by atoms with Crippen LogP contribution in [0.2, 0.25) is 0 Å². The van der Waals surface area contributed by atoms with E-state index in [1.807, 2.05) is 0 Å². The number of rotatable bonds is 1. The smallest absolute Gasteiger partial charge is 0.256 e. The summed E-state index contributed by atoms with van der Waals surface area (Å²) in [4.78, 5) is 13.7. The van der Waals surface area contributed by atoms with Crippen molar-refractivity contribution in [2.24, 2.45) is 5.92 Å². The minimum absolute atomic E-state index is 0.0412. The van der Waals surface area contributed by atoms with Crippen LogP contribution in [0, 0.1) is 17.6 Å². The van der Waals surface area contributed by atoms with Gasteiger partial charge in [-0.15, -0.1) is 0 Å². The number of hydrogen-bond acceptors (Lipinski definition) is 1. The standard InChI is InChI=1S/C13H15F2NO/c1-9-3-2-6-16(8-9)13(17)11-5-4-10(14)7-12(11)15/h4-5,7,9H,2-3,6,8H2,1H3. The highest BCUT2D eigenvalue weighted by molar-refractivity contribution is 5.94. The Morgan fingerprint density at radius 3 is 2.82 bits per heavy atom.